The van der Waals surface area contributed by atoms with Crippen molar-refractivity contribution >= 4 is 55.5 Å². The molecule has 0 radical (unpaired) electrons. The van der Waals surface area contributed by atoms with Gasteiger partial charge in [0.1, 0.15) is 5.01 Å². The van der Waals surface area contributed by atoms with E-state index in [2.05, 4.69) is 46.4 Å². The number of aromatic nitrogens is 3. The number of hydrogen-bond acceptors (Lipinski definition) is 4. The summed E-state index contributed by atoms with van der Waals surface area (Å²) in [4.78, 5) is 13.9. The molecule has 0 saturated heterocycles. The summed E-state index contributed by atoms with van der Waals surface area (Å²) in [6.45, 7) is 0. The average Bonchev–Trinajstić information content (AvgIpc) is 3.10. The first-order valence-electron chi connectivity index (χ1n) is 8.05. The second-order valence-corrected chi connectivity index (χ2v) is 6.86. The van der Waals surface area contributed by atoms with Crippen LogP contribution in [-0.4, -0.2) is 15.0 Å². The zero-order valence-electron chi connectivity index (χ0n) is 13.3. The van der Waals surface area contributed by atoms with Gasteiger partial charge >= 0.3 is 0 Å². The molecule has 0 amide bonds. The van der Waals surface area contributed by atoms with Crippen molar-refractivity contribution < 1.29 is 0 Å². The fourth-order valence-corrected chi connectivity index (χ4v) is 3.84. The zero-order valence-corrected chi connectivity index (χ0v) is 14.1. The molecular weight excluding hydrogens is 326 g/mol. The van der Waals surface area contributed by atoms with Crippen LogP contribution in [0.15, 0.2) is 66.9 Å². The maximum absolute atomic E-state index is 4.80. The Balaban J connectivity index is 1.56. The van der Waals surface area contributed by atoms with Crippen LogP contribution in [-0.2, 0) is 0 Å². The molecule has 2 heterocycles. The molecule has 0 N–H and O–H groups in total. The third-order valence-corrected chi connectivity index (χ3v) is 5.15. The smallest absolute Gasteiger partial charge is 0.117 e. The lowest BCUT2D eigenvalue weighted by molar-refractivity contribution is 1.27. The van der Waals surface area contributed by atoms with Crippen molar-refractivity contribution in [1.29, 1.82) is 0 Å². The standard InChI is InChI=1S/C21H13N3S/c1-2-6-16-14(5-1)9-11-19-21(16)24-20(25-19)12-10-15-13-22-17-7-3-4-8-18(17)23-15/h1-13H/b12-10+. The number of thiazole rings is 1. The predicted molar refractivity (Wildman–Crippen MR) is 106 cm³/mol. The van der Waals surface area contributed by atoms with Gasteiger partial charge in [0.2, 0.25) is 0 Å². The molecule has 5 aromatic rings. The summed E-state index contributed by atoms with van der Waals surface area (Å²) in [7, 11) is 0. The Bertz CT molecular complexity index is 1250. The van der Waals surface area contributed by atoms with Gasteiger partial charge < -0.3 is 0 Å². The molecule has 5 rings (SSSR count). The monoisotopic (exact) mass is 339 g/mol. The number of fused-ring (bicyclic) bond motifs is 4. The SMILES string of the molecule is C(=C\c1nc2c(ccc3ccccc32)s1)/c1cnc2ccccc2n1. The molecule has 2 aromatic heterocycles. The number of benzene rings is 3. The first kappa shape index (κ1) is 14.3. The van der Waals surface area contributed by atoms with E-state index in [1.165, 1.54) is 15.5 Å². The number of nitrogens with zero attached hydrogens (tertiary/aromatic N) is 3. The Morgan fingerprint density at radius 1 is 0.760 bits per heavy atom. The maximum Gasteiger partial charge on any atom is 0.117 e. The van der Waals surface area contributed by atoms with Crippen LogP contribution in [0.3, 0.4) is 0 Å². The van der Waals surface area contributed by atoms with Crippen molar-refractivity contribution in [3.05, 3.63) is 77.6 Å². The highest BCUT2D eigenvalue weighted by Crippen LogP contribution is 2.30. The molecule has 0 aliphatic carbocycles. The van der Waals surface area contributed by atoms with Crippen molar-refractivity contribution in [3.8, 4) is 0 Å². The van der Waals surface area contributed by atoms with E-state index < -0.39 is 0 Å². The zero-order chi connectivity index (χ0) is 16.6. The highest BCUT2D eigenvalue weighted by Gasteiger charge is 2.05. The van der Waals surface area contributed by atoms with Crippen LogP contribution in [0.25, 0.3) is 44.2 Å². The summed E-state index contributed by atoms with van der Waals surface area (Å²) >= 11 is 1.69. The molecule has 118 valence electrons. The van der Waals surface area contributed by atoms with Crippen LogP contribution in [0.2, 0.25) is 0 Å². The summed E-state index contributed by atoms with van der Waals surface area (Å²) in [5.74, 6) is 0. The van der Waals surface area contributed by atoms with Gasteiger partial charge in [-0.1, -0.05) is 42.5 Å². The van der Waals surface area contributed by atoms with Gasteiger partial charge in [0.25, 0.3) is 0 Å². The normalized spacial score (nSPS) is 11.8. The summed E-state index contributed by atoms with van der Waals surface area (Å²) in [6.07, 6.45) is 5.78. The van der Waals surface area contributed by atoms with Gasteiger partial charge in [-0.15, -0.1) is 11.3 Å². The lowest BCUT2D eigenvalue weighted by Gasteiger charge is -1.97. The molecule has 25 heavy (non-hydrogen) atoms. The van der Waals surface area contributed by atoms with Gasteiger partial charge in [0.15, 0.2) is 0 Å². The van der Waals surface area contributed by atoms with Gasteiger partial charge in [-0.3, -0.25) is 4.98 Å². The lowest BCUT2D eigenvalue weighted by Crippen LogP contribution is -1.86. The average molecular weight is 339 g/mol. The van der Waals surface area contributed by atoms with E-state index in [1.807, 2.05) is 36.4 Å². The molecule has 0 fully saturated rings. The fourth-order valence-electron chi connectivity index (χ4n) is 2.96. The van der Waals surface area contributed by atoms with Crippen molar-refractivity contribution in [2.45, 2.75) is 0 Å². The molecule has 0 bridgehead atoms. The summed E-state index contributed by atoms with van der Waals surface area (Å²) in [5.41, 5.74) is 3.71. The van der Waals surface area contributed by atoms with Gasteiger partial charge in [0.05, 0.1) is 33.1 Å². The predicted octanol–water partition coefficient (Wildman–Crippen LogP) is 5.56. The van der Waals surface area contributed by atoms with Gasteiger partial charge in [-0.25, -0.2) is 9.97 Å². The Morgan fingerprint density at radius 2 is 1.60 bits per heavy atom. The molecule has 3 aromatic carbocycles. The van der Waals surface area contributed by atoms with E-state index in [1.54, 1.807) is 17.5 Å². The van der Waals surface area contributed by atoms with Crippen LogP contribution < -0.4 is 0 Å². The van der Waals surface area contributed by atoms with Gasteiger partial charge in [0, 0.05) is 5.39 Å². The molecule has 3 nitrogen and oxygen atoms in total. The highest BCUT2D eigenvalue weighted by atomic mass is 32.1. The summed E-state index contributed by atoms with van der Waals surface area (Å²) in [6, 6.07) is 20.5. The van der Waals surface area contributed by atoms with Crippen LogP contribution in [0.5, 0.6) is 0 Å². The minimum atomic E-state index is 0.836. The summed E-state index contributed by atoms with van der Waals surface area (Å²) < 4.78 is 1.20. The van der Waals surface area contributed by atoms with E-state index >= 15 is 0 Å². The van der Waals surface area contributed by atoms with E-state index in [4.69, 9.17) is 4.98 Å². The van der Waals surface area contributed by atoms with E-state index in [9.17, 15) is 0 Å². The van der Waals surface area contributed by atoms with Crippen LogP contribution >= 0.6 is 11.3 Å². The van der Waals surface area contributed by atoms with Crippen LogP contribution in [0.4, 0.5) is 0 Å². The molecule has 0 atom stereocenters. The minimum absolute atomic E-state index is 0.836. The molecule has 0 aliphatic heterocycles. The molecule has 0 saturated carbocycles. The van der Waals surface area contributed by atoms with Crippen LogP contribution in [0.1, 0.15) is 10.7 Å². The number of para-hydroxylation sites is 2. The molecular formula is C21H13N3S. The van der Waals surface area contributed by atoms with Crippen LogP contribution in [0, 0.1) is 0 Å². The molecule has 0 spiro atoms. The second kappa shape index (κ2) is 5.76. The number of hydrogen-bond donors (Lipinski definition) is 0. The maximum atomic E-state index is 4.80. The van der Waals surface area contributed by atoms with E-state index in [-0.39, 0.29) is 0 Å². The first-order valence-corrected chi connectivity index (χ1v) is 8.87. The minimum Gasteiger partial charge on any atom is -0.252 e. The molecule has 4 heteroatoms. The lowest BCUT2D eigenvalue weighted by atomic mass is 10.1. The first-order chi connectivity index (χ1) is 12.4. The second-order valence-electron chi connectivity index (χ2n) is 5.80. The van der Waals surface area contributed by atoms with Gasteiger partial charge in [-0.05, 0) is 35.7 Å². The Labute approximate surface area is 148 Å². The van der Waals surface area contributed by atoms with Crippen molar-refractivity contribution in [2.75, 3.05) is 0 Å². The highest BCUT2D eigenvalue weighted by molar-refractivity contribution is 7.19. The number of rotatable bonds is 2. The third-order valence-electron chi connectivity index (χ3n) is 4.16. The topological polar surface area (TPSA) is 38.7 Å². The van der Waals surface area contributed by atoms with E-state index in [0.717, 1.165) is 27.3 Å². The summed E-state index contributed by atoms with van der Waals surface area (Å²) in [5, 5.41) is 3.39. The Kier molecular flexibility index (Phi) is 3.28. The molecule has 0 unspecified atom stereocenters. The van der Waals surface area contributed by atoms with E-state index in [0.29, 0.717) is 0 Å². The molecule has 0 aliphatic rings. The Hall–Kier alpha value is -3.11. The van der Waals surface area contributed by atoms with Crippen molar-refractivity contribution in [1.82, 2.24) is 15.0 Å². The van der Waals surface area contributed by atoms with Crippen molar-refractivity contribution in [2.24, 2.45) is 0 Å². The Morgan fingerprint density at radius 3 is 2.56 bits per heavy atom. The third kappa shape index (κ3) is 2.57. The largest absolute Gasteiger partial charge is 0.252 e. The van der Waals surface area contributed by atoms with Gasteiger partial charge in [-0.2, -0.15) is 0 Å². The fraction of sp³-hybridized carbons (Fsp3) is 0. The van der Waals surface area contributed by atoms with Crippen molar-refractivity contribution in [3.63, 3.8) is 0 Å². The quantitative estimate of drug-likeness (QED) is 0.422.